The van der Waals surface area contributed by atoms with Crippen molar-refractivity contribution in [3.05, 3.63) is 71.7 Å². The Bertz CT molecular complexity index is 843. The quantitative estimate of drug-likeness (QED) is 0.780. The lowest BCUT2D eigenvalue weighted by atomic mass is 10.1. The lowest BCUT2D eigenvalue weighted by Crippen LogP contribution is -2.23. The number of hydrogen-bond donors (Lipinski definition) is 1. The van der Waals surface area contributed by atoms with Gasteiger partial charge in [0, 0.05) is 17.7 Å². The average Bonchev–Trinajstić information content (AvgIpc) is 3.10. The summed E-state index contributed by atoms with van der Waals surface area (Å²) in [5, 5.41) is 6.48. The van der Waals surface area contributed by atoms with Gasteiger partial charge in [-0.3, -0.25) is 4.79 Å². The van der Waals surface area contributed by atoms with E-state index in [0.717, 1.165) is 5.56 Å². The molecule has 0 spiro atoms. The number of carbonyl (C=O) groups is 1. The Balaban J connectivity index is 1.77. The van der Waals surface area contributed by atoms with Gasteiger partial charge < -0.3 is 14.6 Å². The standard InChI is InChI=1S/C18H15FN2O3/c1-23-16-5-3-2-4-13(16)10-20-18(22)15-11-21-24-17(15)12-6-8-14(19)9-7-12/h2-9,11H,10H2,1H3,(H,20,22). The van der Waals surface area contributed by atoms with Gasteiger partial charge in [-0.15, -0.1) is 0 Å². The number of methoxy groups -OCH3 is 1. The molecule has 0 saturated heterocycles. The van der Waals surface area contributed by atoms with E-state index in [1.54, 1.807) is 7.11 Å². The molecule has 0 radical (unpaired) electrons. The number of rotatable bonds is 5. The summed E-state index contributed by atoms with van der Waals surface area (Å²) in [7, 11) is 1.58. The number of ether oxygens (including phenoxy) is 1. The smallest absolute Gasteiger partial charge is 0.257 e. The number of amides is 1. The van der Waals surface area contributed by atoms with E-state index < -0.39 is 0 Å². The molecule has 1 aromatic heterocycles. The van der Waals surface area contributed by atoms with E-state index in [4.69, 9.17) is 9.26 Å². The Hall–Kier alpha value is -3.15. The minimum atomic E-state index is -0.361. The topological polar surface area (TPSA) is 64.4 Å². The first-order chi connectivity index (χ1) is 11.7. The maximum Gasteiger partial charge on any atom is 0.257 e. The summed E-state index contributed by atoms with van der Waals surface area (Å²) in [6.45, 7) is 0.302. The third-order valence-electron chi connectivity index (χ3n) is 3.55. The van der Waals surface area contributed by atoms with Gasteiger partial charge in [-0.25, -0.2) is 4.39 Å². The van der Waals surface area contributed by atoms with Crippen LogP contribution in [0.25, 0.3) is 11.3 Å². The minimum absolute atomic E-state index is 0.288. The second-order valence-electron chi connectivity index (χ2n) is 5.07. The highest BCUT2D eigenvalue weighted by atomic mass is 19.1. The molecule has 122 valence electrons. The number of aromatic nitrogens is 1. The van der Waals surface area contributed by atoms with Crippen molar-refractivity contribution in [1.29, 1.82) is 0 Å². The number of para-hydroxylation sites is 1. The zero-order valence-corrected chi connectivity index (χ0v) is 13.0. The number of nitrogens with zero attached hydrogens (tertiary/aromatic N) is 1. The third kappa shape index (κ3) is 3.27. The van der Waals surface area contributed by atoms with Crippen molar-refractivity contribution in [2.75, 3.05) is 7.11 Å². The third-order valence-corrected chi connectivity index (χ3v) is 3.55. The van der Waals surface area contributed by atoms with Crippen LogP contribution in [-0.4, -0.2) is 18.2 Å². The van der Waals surface area contributed by atoms with E-state index in [0.29, 0.717) is 23.6 Å². The van der Waals surface area contributed by atoms with E-state index in [1.165, 1.54) is 30.5 Å². The highest BCUT2D eigenvalue weighted by Crippen LogP contribution is 2.24. The van der Waals surface area contributed by atoms with Crippen LogP contribution in [0.1, 0.15) is 15.9 Å². The van der Waals surface area contributed by atoms with E-state index in [1.807, 2.05) is 24.3 Å². The van der Waals surface area contributed by atoms with Gasteiger partial charge in [-0.05, 0) is 30.3 Å². The van der Waals surface area contributed by atoms with Crippen LogP contribution in [-0.2, 0) is 6.54 Å². The van der Waals surface area contributed by atoms with Crippen molar-refractivity contribution in [2.45, 2.75) is 6.54 Å². The average molecular weight is 326 g/mol. The first kappa shape index (κ1) is 15.7. The van der Waals surface area contributed by atoms with Gasteiger partial charge >= 0.3 is 0 Å². The highest BCUT2D eigenvalue weighted by molar-refractivity contribution is 5.99. The fraction of sp³-hybridized carbons (Fsp3) is 0.111. The molecule has 5 nitrogen and oxygen atoms in total. The van der Waals surface area contributed by atoms with Crippen LogP contribution in [0.4, 0.5) is 4.39 Å². The Morgan fingerprint density at radius 3 is 2.71 bits per heavy atom. The van der Waals surface area contributed by atoms with E-state index in [9.17, 15) is 9.18 Å². The molecule has 0 aliphatic rings. The Morgan fingerprint density at radius 2 is 1.96 bits per heavy atom. The van der Waals surface area contributed by atoms with Crippen LogP contribution in [0.15, 0.2) is 59.3 Å². The number of benzene rings is 2. The molecule has 0 aliphatic carbocycles. The fourth-order valence-corrected chi connectivity index (χ4v) is 2.33. The van der Waals surface area contributed by atoms with E-state index >= 15 is 0 Å². The van der Waals surface area contributed by atoms with Crippen LogP contribution in [0.5, 0.6) is 5.75 Å². The summed E-state index contributed by atoms with van der Waals surface area (Å²) in [5.74, 6) is 0.302. The molecule has 0 saturated carbocycles. The summed E-state index contributed by atoms with van der Waals surface area (Å²) in [6.07, 6.45) is 1.34. The van der Waals surface area contributed by atoms with Crippen LogP contribution in [0, 0.1) is 5.82 Å². The molecule has 0 unspecified atom stereocenters. The van der Waals surface area contributed by atoms with Crippen molar-refractivity contribution >= 4 is 5.91 Å². The molecule has 3 aromatic rings. The van der Waals surface area contributed by atoms with Gasteiger partial charge in [-0.1, -0.05) is 23.4 Å². The molecule has 1 heterocycles. The molecule has 3 rings (SSSR count). The molecular weight excluding hydrogens is 311 g/mol. The molecule has 1 N–H and O–H groups in total. The SMILES string of the molecule is COc1ccccc1CNC(=O)c1cnoc1-c1ccc(F)cc1. The van der Waals surface area contributed by atoms with Crippen molar-refractivity contribution in [3.8, 4) is 17.1 Å². The lowest BCUT2D eigenvalue weighted by molar-refractivity contribution is 0.0951. The van der Waals surface area contributed by atoms with Gasteiger partial charge in [0.1, 0.15) is 17.1 Å². The summed E-state index contributed by atoms with van der Waals surface area (Å²) in [4.78, 5) is 12.4. The number of nitrogens with one attached hydrogen (secondary N) is 1. The number of hydrogen-bond acceptors (Lipinski definition) is 4. The maximum absolute atomic E-state index is 13.0. The lowest BCUT2D eigenvalue weighted by Gasteiger charge is -2.09. The van der Waals surface area contributed by atoms with Crippen molar-refractivity contribution in [3.63, 3.8) is 0 Å². The van der Waals surface area contributed by atoms with Crippen molar-refractivity contribution in [1.82, 2.24) is 10.5 Å². The Labute approximate surface area is 138 Å². The molecule has 2 aromatic carbocycles. The summed E-state index contributed by atoms with van der Waals surface area (Å²) >= 11 is 0. The zero-order chi connectivity index (χ0) is 16.9. The van der Waals surface area contributed by atoms with E-state index in [2.05, 4.69) is 10.5 Å². The van der Waals surface area contributed by atoms with Crippen LogP contribution < -0.4 is 10.1 Å². The predicted molar refractivity (Wildman–Crippen MR) is 86.1 cm³/mol. The first-order valence-corrected chi connectivity index (χ1v) is 7.29. The summed E-state index contributed by atoms with van der Waals surface area (Å²) < 4.78 is 23.4. The molecule has 0 atom stereocenters. The van der Waals surface area contributed by atoms with Gasteiger partial charge in [0.2, 0.25) is 0 Å². The van der Waals surface area contributed by atoms with Crippen molar-refractivity contribution in [2.24, 2.45) is 0 Å². The van der Waals surface area contributed by atoms with Crippen LogP contribution >= 0.6 is 0 Å². The van der Waals surface area contributed by atoms with E-state index in [-0.39, 0.29) is 17.3 Å². The molecule has 0 fully saturated rings. The predicted octanol–water partition coefficient (Wildman–Crippen LogP) is 3.42. The molecule has 0 aliphatic heterocycles. The minimum Gasteiger partial charge on any atom is -0.496 e. The highest BCUT2D eigenvalue weighted by Gasteiger charge is 2.18. The van der Waals surface area contributed by atoms with Crippen LogP contribution in [0.2, 0.25) is 0 Å². The van der Waals surface area contributed by atoms with Gasteiger partial charge in [0.05, 0.1) is 13.3 Å². The first-order valence-electron chi connectivity index (χ1n) is 7.29. The van der Waals surface area contributed by atoms with Gasteiger partial charge in [0.15, 0.2) is 5.76 Å². The van der Waals surface area contributed by atoms with Gasteiger partial charge in [0.25, 0.3) is 5.91 Å². The monoisotopic (exact) mass is 326 g/mol. The molecule has 0 bridgehead atoms. The Morgan fingerprint density at radius 1 is 1.21 bits per heavy atom. The molecule has 1 amide bonds. The van der Waals surface area contributed by atoms with Gasteiger partial charge in [-0.2, -0.15) is 0 Å². The maximum atomic E-state index is 13.0. The largest absolute Gasteiger partial charge is 0.496 e. The number of carbonyl (C=O) groups excluding carboxylic acids is 1. The van der Waals surface area contributed by atoms with Crippen LogP contribution in [0.3, 0.4) is 0 Å². The molecular formula is C18H15FN2O3. The second-order valence-corrected chi connectivity index (χ2v) is 5.07. The molecule has 24 heavy (non-hydrogen) atoms. The zero-order valence-electron chi connectivity index (χ0n) is 13.0. The second kappa shape index (κ2) is 6.95. The van der Waals surface area contributed by atoms with Crippen molar-refractivity contribution < 1.29 is 18.4 Å². The Kier molecular flexibility index (Phi) is 4.56. The summed E-state index contributed by atoms with van der Waals surface area (Å²) in [5.41, 5.74) is 1.72. The summed E-state index contributed by atoms with van der Waals surface area (Å²) in [6, 6.07) is 13.1. The fourth-order valence-electron chi connectivity index (χ4n) is 2.33. The molecule has 6 heteroatoms. The normalized spacial score (nSPS) is 10.4. The number of halogens is 1.